The molecule has 13 N–H and O–H groups in total. The molecule has 0 aromatic heterocycles. The number of nitrogens with zero attached hydrogens (tertiary/aromatic N) is 1. The first-order valence-corrected chi connectivity index (χ1v) is 17.2. The molecule has 1 rings (SSSR count). The molecule has 0 fully saturated rings. The maximum absolute atomic E-state index is 10.6. The summed E-state index contributed by atoms with van der Waals surface area (Å²) in [5, 5.41) is 40.3. The van der Waals surface area contributed by atoms with Crippen LogP contribution in [-0.2, 0) is 23.5 Å². The molecule has 0 aliphatic rings. The first kappa shape index (κ1) is 52.6. The molecule has 0 saturated heterocycles. The van der Waals surface area contributed by atoms with Gasteiger partial charge in [-0.2, -0.15) is 0 Å². The molecule has 0 bridgehead atoms. The van der Waals surface area contributed by atoms with E-state index in [4.69, 9.17) is 63.7 Å². The van der Waals surface area contributed by atoms with Crippen LogP contribution in [0.15, 0.2) is 18.2 Å². The van der Waals surface area contributed by atoms with E-state index in [1.807, 2.05) is 14.1 Å². The Morgan fingerprint density at radius 3 is 1.87 bits per heavy atom. The highest BCUT2D eigenvalue weighted by molar-refractivity contribution is 7.57. The quantitative estimate of drug-likeness (QED) is 0.0883. The lowest BCUT2D eigenvalue weighted by Crippen LogP contribution is -2.36. The maximum Gasteiger partial charge on any atom is 0.339 e. The van der Waals surface area contributed by atoms with Gasteiger partial charge in [-0.05, 0) is 38.7 Å². The van der Waals surface area contributed by atoms with E-state index in [9.17, 15) is 28.6 Å². The summed E-state index contributed by atoms with van der Waals surface area (Å²) in [6.45, 7) is 1.33. The first-order chi connectivity index (χ1) is 19.8. The predicted molar refractivity (Wildman–Crippen MR) is 170 cm³/mol. The minimum absolute atomic E-state index is 0. The summed E-state index contributed by atoms with van der Waals surface area (Å²) < 4.78 is 26.3. The van der Waals surface area contributed by atoms with Gasteiger partial charge in [-0.3, -0.25) is 24.0 Å². The number of hydrogen-bond donors (Lipinski definition) is 10. The number of carboxylic acids is 3. The molecule has 45 heavy (non-hydrogen) atoms. The van der Waals surface area contributed by atoms with Crippen molar-refractivity contribution in [3.05, 3.63) is 28.2 Å². The fraction of sp³-hybridized carbons (Fsp3) is 0.609. The summed E-state index contributed by atoms with van der Waals surface area (Å²) >= 11 is 11.3. The van der Waals surface area contributed by atoms with Crippen LogP contribution in [0.3, 0.4) is 0 Å². The van der Waals surface area contributed by atoms with Crippen LogP contribution in [0.25, 0.3) is 0 Å². The molecule has 0 radical (unpaired) electrons. The van der Waals surface area contributed by atoms with E-state index in [0.29, 0.717) is 5.02 Å². The van der Waals surface area contributed by atoms with Crippen LogP contribution in [0.4, 0.5) is 0 Å². The Morgan fingerprint density at radius 1 is 1.09 bits per heavy atom. The standard InChI is InChI=1S/C8H6Cl2O3.C5H12NO4P.C5H14NO.C3H8NO5P.C2H7N.H3N/c9-5-1-2-7(6(10)3-5)13-4-8(11)12;1-11(9,10)3-2-4(6)5(7)8;1-6(2,3)4-5-7;5-3(6)1-4-2-10(7,8)9;1-3-2;/h1-3H,4H2,(H,11,12);4H,2-3,6H2,1H3,(H,7,8)(H,9,10);7H,4-5H2,1-3H3;4H,1-2H2,(H,5,6)(H2,7,8,9);3H,1-2H3;1H3/q;;+1;;;/p-1. The Morgan fingerprint density at radius 2 is 1.58 bits per heavy atom. The third-order valence-electron chi connectivity index (χ3n) is 3.78. The summed E-state index contributed by atoms with van der Waals surface area (Å²) in [7, 11) is 2.71. The zero-order valence-electron chi connectivity index (χ0n) is 26.2. The number of hydrogen-bond acceptors (Lipinski definition) is 12. The number of nitrogens with one attached hydrogen (secondary N) is 2. The van der Waals surface area contributed by atoms with Crippen molar-refractivity contribution < 1.29 is 67.8 Å². The van der Waals surface area contributed by atoms with Gasteiger partial charge in [-0.15, -0.1) is 0 Å². The summed E-state index contributed by atoms with van der Waals surface area (Å²) in [4.78, 5) is 55.1. The monoisotopic (exact) mass is 735 g/mol. The molecule has 0 aliphatic heterocycles. The van der Waals surface area contributed by atoms with E-state index in [-0.39, 0.29) is 36.1 Å². The summed E-state index contributed by atoms with van der Waals surface area (Å²) in [5.74, 6) is -3.31. The van der Waals surface area contributed by atoms with Gasteiger partial charge in [0, 0.05) is 17.8 Å². The second-order valence-electron chi connectivity index (χ2n) is 9.62. The van der Waals surface area contributed by atoms with Crippen LogP contribution in [0.5, 0.6) is 5.75 Å². The van der Waals surface area contributed by atoms with Crippen molar-refractivity contribution in [1.82, 2.24) is 16.8 Å². The average molecular weight is 737 g/mol. The Labute approximate surface area is 273 Å². The molecule has 22 heteroatoms. The molecular formula is C23H49Cl2N5O13P2. The van der Waals surface area contributed by atoms with Gasteiger partial charge in [0.2, 0.25) is 0 Å². The second-order valence-corrected chi connectivity index (χ2v) is 14.7. The molecule has 0 amide bonds. The Hall–Kier alpha value is -1.89. The molecular weight excluding hydrogens is 687 g/mol. The molecule has 1 aromatic rings. The van der Waals surface area contributed by atoms with Crippen LogP contribution in [-0.4, -0.2) is 139 Å². The zero-order valence-corrected chi connectivity index (χ0v) is 29.5. The van der Waals surface area contributed by atoms with Gasteiger partial charge in [-0.25, -0.2) is 0 Å². The van der Waals surface area contributed by atoms with Crippen LogP contribution >= 0.6 is 38.2 Å². The Balaban J connectivity index is -0.000000155. The van der Waals surface area contributed by atoms with Crippen molar-refractivity contribution in [3.8, 4) is 5.75 Å². The van der Waals surface area contributed by atoms with Crippen LogP contribution in [0.2, 0.25) is 10.0 Å². The number of carboxylic acid groups (broad SMARTS) is 3. The van der Waals surface area contributed by atoms with Gasteiger partial charge < -0.3 is 66.3 Å². The van der Waals surface area contributed by atoms with E-state index < -0.39 is 58.4 Å². The number of aliphatic hydroxyl groups excluding tert-OH is 1. The largest absolute Gasteiger partial charge is 0.546 e. The smallest absolute Gasteiger partial charge is 0.339 e. The Bertz CT molecular complexity index is 1050. The van der Waals surface area contributed by atoms with Crippen molar-refractivity contribution >= 4 is 56.1 Å². The molecule has 2 unspecified atom stereocenters. The molecule has 2 atom stereocenters. The summed E-state index contributed by atoms with van der Waals surface area (Å²) in [5.41, 5.74) is 5.09. The highest BCUT2D eigenvalue weighted by Crippen LogP contribution is 2.35. The zero-order chi connectivity index (χ0) is 35.7. The number of likely N-dealkylation sites (N-methyl/N-ethyl adjacent to an activating group) is 1. The van der Waals surface area contributed by atoms with Gasteiger partial charge in [0.1, 0.15) is 24.9 Å². The van der Waals surface area contributed by atoms with Crippen LogP contribution < -0.4 is 32.4 Å². The number of aliphatic carboxylic acids is 3. The molecule has 0 aliphatic carbocycles. The molecule has 0 spiro atoms. The highest BCUT2D eigenvalue weighted by atomic mass is 35.5. The third kappa shape index (κ3) is 49.2. The molecule has 268 valence electrons. The maximum atomic E-state index is 10.6. The number of benzene rings is 1. The van der Waals surface area contributed by atoms with E-state index in [1.165, 1.54) is 18.8 Å². The molecule has 0 heterocycles. The number of carbonyl (C=O) groups excluding carboxylic acids is 1. The number of rotatable bonds is 13. The number of carbonyl (C=O) groups is 3. The van der Waals surface area contributed by atoms with Crippen molar-refractivity contribution in [2.45, 2.75) is 12.5 Å². The highest BCUT2D eigenvalue weighted by Gasteiger charge is 2.16. The minimum Gasteiger partial charge on any atom is -0.546 e. The molecule has 18 nitrogen and oxygen atoms in total. The van der Waals surface area contributed by atoms with Gasteiger partial charge >= 0.3 is 19.5 Å². The predicted octanol–water partition coefficient (Wildman–Crippen LogP) is -0.711. The lowest BCUT2D eigenvalue weighted by Gasteiger charge is -2.21. The van der Waals surface area contributed by atoms with E-state index >= 15 is 0 Å². The van der Waals surface area contributed by atoms with Crippen molar-refractivity contribution in [2.75, 3.05) is 80.7 Å². The lowest BCUT2D eigenvalue weighted by atomic mass is 10.2. The van der Waals surface area contributed by atoms with Crippen molar-refractivity contribution in [3.63, 3.8) is 0 Å². The number of halogens is 2. The normalized spacial score (nSPS) is 12.2. The lowest BCUT2D eigenvalue weighted by molar-refractivity contribution is -0.870. The third-order valence-corrected chi connectivity index (χ3v) is 6.03. The number of quaternary nitrogens is 1. The van der Waals surface area contributed by atoms with Crippen molar-refractivity contribution in [2.24, 2.45) is 5.73 Å². The SMILES string of the molecule is CNC.CP(=O)(O)CCC(N)C(=O)O.C[N+](C)(C)CCO.N.O=C(O)CNCP(=O)(O)O.O=C([O-])COc1ccc(Cl)cc1Cl. The second kappa shape index (κ2) is 28.3. The Kier molecular flexibility index (Phi) is 33.2. The van der Waals surface area contributed by atoms with Crippen LogP contribution in [0, 0.1) is 0 Å². The fourth-order valence-electron chi connectivity index (χ4n) is 1.84. The van der Waals surface area contributed by atoms with E-state index in [0.717, 1.165) is 11.0 Å². The fourth-order valence-corrected chi connectivity index (χ4v) is 3.46. The van der Waals surface area contributed by atoms with Gasteiger partial charge in [0.15, 0.2) is 7.37 Å². The topological polar surface area (TPSA) is 324 Å². The minimum atomic E-state index is -4.10. The average Bonchev–Trinajstić information content (AvgIpc) is 2.81. The van der Waals surface area contributed by atoms with E-state index in [2.05, 4.69) is 31.8 Å². The molecule has 1 aromatic carbocycles. The first-order valence-electron chi connectivity index (χ1n) is 12.3. The number of ether oxygens (including phenoxy) is 1. The van der Waals surface area contributed by atoms with Gasteiger partial charge in [-0.1, -0.05) is 23.2 Å². The van der Waals surface area contributed by atoms with Crippen LogP contribution in [0.1, 0.15) is 6.42 Å². The number of aliphatic hydroxyl groups is 1. The summed E-state index contributed by atoms with van der Waals surface area (Å²) in [6, 6.07) is 3.48. The van der Waals surface area contributed by atoms with Gasteiger partial charge in [0.25, 0.3) is 0 Å². The van der Waals surface area contributed by atoms with Gasteiger partial charge in [0.05, 0.1) is 51.6 Å². The number of nitrogens with two attached hydrogens (primary N) is 1. The van der Waals surface area contributed by atoms with E-state index in [1.54, 1.807) is 6.07 Å². The van der Waals surface area contributed by atoms with Crippen molar-refractivity contribution in [1.29, 1.82) is 0 Å². The molecule has 0 saturated carbocycles. The summed E-state index contributed by atoms with van der Waals surface area (Å²) in [6.07, 6.45) is -0.598.